The van der Waals surface area contributed by atoms with Crippen molar-refractivity contribution in [3.63, 3.8) is 0 Å². The summed E-state index contributed by atoms with van der Waals surface area (Å²) in [5.41, 5.74) is -0.0233. The molecule has 1 fully saturated rings. The molecule has 112 valence electrons. The van der Waals surface area contributed by atoms with Gasteiger partial charge >= 0.3 is 6.03 Å². The number of nitrogens with zero attached hydrogens (tertiary/aromatic N) is 1. The zero-order valence-corrected chi connectivity index (χ0v) is 12.6. The second kappa shape index (κ2) is 8.38. The largest absolute Gasteiger partial charge is 0.379 e. The summed E-state index contributed by atoms with van der Waals surface area (Å²) in [4.78, 5) is 14.0. The summed E-state index contributed by atoms with van der Waals surface area (Å²) in [6, 6.07) is -0.0579. The highest BCUT2D eigenvalue weighted by Gasteiger charge is 2.28. The monoisotopic (exact) mass is 271 g/mol. The van der Waals surface area contributed by atoms with E-state index in [1.165, 1.54) is 12.8 Å². The predicted molar refractivity (Wildman–Crippen MR) is 77.4 cm³/mol. The van der Waals surface area contributed by atoms with Crippen molar-refractivity contribution in [2.24, 2.45) is 0 Å². The molecule has 1 aliphatic heterocycles. The summed E-state index contributed by atoms with van der Waals surface area (Å²) in [5.74, 6) is 0. The number of carbonyl (C=O) groups excluding carboxylic acids is 1. The van der Waals surface area contributed by atoms with Crippen LogP contribution in [0.25, 0.3) is 0 Å². The summed E-state index contributed by atoms with van der Waals surface area (Å²) in [7, 11) is 0. The van der Waals surface area contributed by atoms with Crippen molar-refractivity contribution in [1.29, 1.82) is 0 Å². The molecule has 0 aromatic rings. The van der Waals surface area contributed by atoms with Crippen LogP contribution in [0.4, 0.5) is 4.79 Å². The Morgan fingerprint density at radius 1 is 1.21 bits per heavy atom. The van der Waals surface area contributed by atoms with Crippen molar-refractivity contribution >= 4 is 6.03 Å². The van der Waals surface area contributed by atoms with E-state index in [0.29, 0.717) is 6.54 Å². The number of morpholine rings is 1. The molecule has 0 aromatic heterocycles. The molecule has 19 heavy (non-hydrogen) atoms. The lowest BCUT2D eigenvalue weighted by Crippen LogP contribution is -2.56. The third kappa shape index (κ3) is 6.25. The van der Waals surface area contributed by atoms with E-state index in [-0.39, 0.29) is 11.6 Å². The van der Waals surface area contributed by atoms with Crippen LogP contribution in [0.3, 0.4) is 0 Å². The van der Waals surface area contributed by atoms with Gasteiger partial charge in [0.2, 0.25) is 0 Å². The van der Waals surface area contributed by atoms with Crippen LogP contribution in [-0.2, 0) is 4.74 Å². The van der Waals surface area contributed by atoms with Crippen molar-refractivity contribution in [2.45, 2.75) is 45.6 Å². The molecule has 0 aromatic carbocycles. The van der Waals surface area contributed by atoms with E-state index in [1.54, 1.807) is 0 Å². The fourth-order valence-electron chi connectivity index (χ4n) is 2.22. The SMILES string of the molecule is CCCCCNC(=O)NCC(C)(C)N1CCOCC1. The van der Waals surface area contributed by atoms with Gasteiger partial charge < -0.3 is 15.4 Å². The average molecular weight is 271 g/mol. The van der Waals surface area contributed by atoms with Gasteiger partial charge in [-0.2, -0.15) is 0 Å². The van der Waals surface area contributed by atoms with E-state index in [9.17, 15) is 4.79 Å². The highest BCUT2D eigenvalue weighted by Crippen LogP contribution is 2.14. The smallest absolute Gasteiger partial charge is 0.314 e. The van der Waals surface area contributed by atoms with Gasteiger partial charge in [0.05, 0.1) is 13.2 Å². The lowest BCUT2D eigenvalue weighted by molar-refractivity contribution is -0.00874. The molecule has 1 heterocycles. The van der Waals surface area contributed by atoms with E-state index in [1.807, 2.05) is 0 Å². The summed E-state index contributed by atoms with van der Waals surface area (Å²) < 4.78 is 5.36. The molecule has 1 aliphatic rings. The van der Waals surface area contributed by atoms with Crippen molar-refractivity contribution < 1.29 is 9.53 Å². The standard InChI is InChI=1S/C14H29N3O2/c1-4-5-6-7-15-13(18)16-12-14(2,3)17-8-10-19-11-9-17/h4-12H2,1-3H3,(H2,15,16,18). The quantitative estimate of drug-likeness (QED) is 0.691. The fourth-order valence-corrected chi connectivity index (χ4v) is 2.22. The third-order valence-electron chi connectivity index (χ3n) is 3.61. The normalized spacial score (nSPS) is 17.2. The van der Waals surface area contributed by atoms with Gasteiger partial charge in [-0.1, -0.05) is 19.8 Å². The Labute approximate surface area is 117 Å². The molecule has 1 rings (SSSR count). The predicted octanol–water partition coefficient (Wildman–Crippen LogP) is 1.59. The van der Waals surface area contributed by atoms with Gasteiger partial charge in [0.25, 0.3) is 0 Å². The van der Waals surface area contributed by atoms with Gasteiger partial charge in [0.15, 0.2) is 0 Å². The van der Waals surface area contributed by atoms with Gasteiger partial charge in [-0.3, -0.25) is 4.90 Å². The number of rotatable bonds is 7. The van der Waals surface area contributed by atoms with Crippen molar-refractivity contribution in [2.75, 3.05) is 39.4 Å². The molecular formula is C14H29N3O2. The lowest BCUT2D eigenvalue weighted by atomic mass is 10.0. The molecule has 1 saturated heterocycles. The molecule has 0 aliphatic carbocycles. The van der Waals surface area contributed by atoms with Crippen molar-refractivity contribution in [1.82, 2.24) is 15.5 Å². The molecule has 5 heteroatoms. The molecular weight excluding hydrogens is 242 g/mol. The number of amides is 2. The molecule has 0 unspecified atom stereocenters. The maximum atomic E-state index is 11.7. The van der Waals surface area contributed by atoms with Gasteiger partial charge in [0, 0.05) is 31.7 Å². The lowest BCUT2D eigenvalue weighted by Gasteiger charge is -2.40. The number of hydrogen-bond donors (Lipinski definition) is 2. The van der Waals surface area contributed by atoms with E-state index in [2.05, 4.69) is 36.3 Å². The van der Waals surface area contributed by atoms with Crippen LogP contribution in [0.5, 0.6) is 0 Å². The Kier molecular flexibility index (Phi) is 7.16. The summed E-state index contributed by atoms with van der Waals surface area (Å²) in [5, 5.41) is 5.86. The highest BCUT2D eigenvalue weighted by atomic mass is 16.5. The minimum Gasteiger partial charge on any atom is -0.379 e. The molecule has 2 amide bonds. The van der Waals surface area contributed by atoms with Crippen molar-refractivity contribution in [3.05, 3.63) is 0 Å². The molecule has 0 atom stereocenters. The first-order valence-corrected chi connectivity index (χ1v) is 7.41. The van der Waals surface area contributed by atoms with E-state index < -0.39 is 0 Å². The first-order chi connectivity index (χ1) is 9.06. The van der Waals surface area contributed by atoms with Gasteiger partial charge in [0.1, 0.15) is 0 Å². The maximum Gasteiger partial charge on any atom is 0.314 e. The Morgan fingerprint density at radius 2 is 1.89 bits per heavy atom. The van der Waals surface area contributed by atoms with E-state index >= 15 is 0 Å². The Bertz CT molecular complexity index is 263. The number of unbranched alkanes of at least 4 members (excludes halogenated alkanes) is 2. The number of nitrogens with one attached hydrogen (secondary N) is 2. The molecule has 0 spiro atoms. The first-order valence-electron chi connectivity index (χ1n) is 7.41. The van der Waals surface area contributed by atoms with Crippen LogP contribution >= 0.6 is 0 Å². The second-order valence-corrected chi connectivity index (χ2v) is 5.73. The van der Waals surface area contributed by atoms with Crippen LogP contribution < -0.4 is 10.6 Å². The summed E-state index contributed by atoms with van der Waals surface area (Å²) in [6.45, 7) is 11.3. The van der Waals surface area contributed by atoms with Crippen LogP contribution in [0.1, 0.15) is 40.0 Å². The Hall–Kier alpha value is -0.810. The van der Waals surface area contributed by atoms with E-state index in [0.717, 1.165) is 39.3 Å². The van der Waals surface area contributed by atoms with Gasteiger partial charge in [-0.15, -0.1) is 0 Å². The maximum absolute atomic E-state index is 11.7. The summed E-state index contributed by atoms with van der Waals surface area (Å²) in [6.07, 6.45) is 3.39. The second-order valence-electron chi connectivity index (χ2n) is 5.73. The zero-order valence-electron chi connectivity index (χ0n) is 12.6. The minimum atomic E-state index is -0.0579. The highest BCUT2D eigenvalue weighted by molar-refractivity contribution is 5.73. The first kappa shape index (κ1) is 16.2. The Morgan fingerprint density at radius 3 is 2.53 bits per heavy atom. The number of hydrogen-bond acceptors (Lipinski definition) is 3. The van der Waals surface area contributed by atoms with E-state index in [4.69, 9.17) is 4.74 Å². The van der Waals surface area contributed by atoms with Gasteiger partial charge in [-0.25, -0.2) is 4.79 Å². The third-order valence-corrected chi connectivity index (χ3v) is 3.61. The van der Waals surface area contributed by atoms with Crippen LogP contribution in [0.15, 0.2) is 0 Å². The number of urea groups is 1. The molecule has 0 saturated carbocycles. The van der Waals surface area contributed by atoms with Crippen molar-refractivity contribution in [3.8, 4) is 0 Å². The Balaban J connectivity index is 2.20. The topological polar surface area (TPSA) is 53.6 Å². The molecule has 5 nitrogen and oxygen atoms in total. The van der Waals surface area contributed by atoms with Gasteiger partial charge in [-0.05, 0) is 20.3 Å². The zero-order chi connectivity index (χ0) is 14.1. The van der Waals surface area contributed by atoms with Crippen LogP contribution in [0, 0.1) is 0 Å². The number of carbonyl (C=O) groups is 1. The van der Waals surface area contributed by atoms with Crippen LogP contribution in [-0.4, -0.2) is 55.9 Å². The average Bonchev–Trinajstić information content (AvgIpc) is 2.42. The van der Waals surface area contributed by atoms with Crippen LogP contribution in [0.2, 0.25) is 0 Å². The summed E-state index contributed by atoms with van der Waals surface area (Å²) >= 11 is 0. The number of ether oxygens (including phenoxy) is 1. The fraction of sp³-hybridized carbons (Fsp3) is 0.929. The molecule has 0 bridgehead atoms. The molecule has 0 radical (unpaired) electrons. The molecule has 2 N–H and O–H groups in total. The minimum absolute atomic E-state index is 0.0233.